The van der Waals surface area contributed by atoms with Crippen molar-refractivity contribution in [2.75, 3.05) is 0 Å². The maximum Gasteiger partial charge on any atom is 0.199 e. The molecule has 0 saturated heterocycles. The summed E-state index contributed by atoms with van der Waals surface area (Å²) in [6.45, 7) is 4.97. The lowest BCUT2D eigenvalue weighted by molar-refractivity contribution is -0.121. The van der Waals surface area contributed by atoms with Crippen molar-refractivity contribution in [2.45, 2.75) is 45.6 Å². The molecule has 0 fully saturated rings. The van der Waals surface area contributed by atoms with Crippen molar-refractivity contribution < 1.29 is 9.21 Å². The molecule has 3 aromatic rings. The highest BCUT2D eigenvalue weighted by Crippen LogP contribution is 2.39. The Labute approximate surface area is 153 Å². The van der Waals surface area contributed by atoms with Crippen LogP contribution in [0.4, 0.5) is 0 Å². The Bertz CT molecular complexity index is 911. The number of furan rings is 1. The Kier molecular flexibility index (Phi) is 4.45. The van der Waals surface area contributed by atoms with Gasteiger partial charge in [0.25, 0.3) is 0 Å². The normalized spacial score (nSPS) is 18.8. The first-order valence-corrected chi connectivity index (χ1v) is 9.25. The monoisotopic (exact) mass is 349 g/mol. The number of rotatable bonds is 6. The number of benzene rings is 1. The number of nitrogens with zero attached hydrogens (tertiary/aromatic N) is 3. The fourth-order valence-electron chi connectivity index (χ4n) is 4.12. The number of carbonyl (C=O) groups is 1. The molecule has 1 aliphatic carbocycles. The Balaban J connectivity index is 1.51. The second-order valence-corrected chi connectivity index (χ2v) is 6.99. The third-order valence-electron chi connectivity index (χ3n) is 5.33. The van der Waals surface area contributed by atoms with Gasteiger partial charge in [0.1, 0.15) is 11.6 Å². The van der Waals surface area contributed by atoms with Crippen LogP contribution >= 0.6 is 0 Å². The summed E-state index contributed by atoms with van der Waals surface area (Å²) >= 11 is 0. The topological polar surface area (TPSA) is 60.9 Å². The molecule has 2 unspecified atom stereocenters. The molecule has 0 amide bonds. The zero-order valence-electron chi connectivity index (χ0n) is 15.2. The van der Waals surface area contributed by atoms with Crippen LogP contribution < -0.4 is 0 Å². The standard InChI is InChI=1S/C21H23N3O2/c1-3-24-19(22-23-21(24)18-9-6-12-26-18)11-10-17(25)20-14(2)13-15-7-4-5-8-16(15)20/h4-9,12,14,20H,3,10-11,13H2,1-2H3. The fraction of sp³-hybridized carbons (Fsp3) is 0.381. The number of carbonyl (C=O) groups excluding carboxylic acids is 1. The van der Waals surface area contributed by atoms with Crippen molar-refractivity contribution in [1.29, 1.82) is 0 Å². The molecule has 2 heterocycles. The van der Waals surface area contributed by atoms with E-state index in [1.54, 1.807) is 6.26 Å². The SMILES string of the molecule is CCn1c(CCC(=O)C2c3ccccc3CC2C)nnc1-c1ccco1. The van der Waals surface area contributed by atoms with Gasteiger partial charge in [-0.1, -0.05) is 31.2 Å². The number of hydrogen-bond acceptors (Lipinski definition) is 4. The Hall–Kier alpha value is -2.69. The van der Waals surface area contributed by atoms with E-state index in [1.165, 1.54) is 11.1 Å². The average molecular weight is 349 g/mol. The van der Waals surface area contributed by atoms with Crippen LogP contribution in [0, 0.1) is 5.92 Å². The molecule has 0 aliphatic heterocycles. The summed E-state index contributed by atoms with van der Waals surface area (Å²) in [5, 5.41) is 8.57. The summed E-state index contributed by atoms with van der Waals surface area (Å²) in [6, 6.07) is 12.0. The lowest BCUT2D eigenvalue weighted by atomic mass is 9.88. The summed E-state index contributed by atoms with van der Waals surface area (Å²) in [7, 11) is 0. The van der Waals surface area contributed by atoms with E-state index in [0.717, 1.165) is 24.6 Å². The zero-order valence-corrected chi connectivity index (χ0v) is 15.2. The first-order chi connectivity index (χ1) is 12.7. The molecule has 1 aromatic carbocycles. The highest BCUT2D eigenvalue weighted by atomic mass is 16.3. The number of ketones is 1. The zero-order chi connectivity index (χ0) is 18.1. The van der Waals surface area contributed by atoms with Crippen LogP contribution in [0.3, 0.4) is 0 Å². The number of aromatic nitrogens is 3. The van der Waals surface area contributed by atoms with E-state index in [0.29, 0.717) is 30.3 Å². The molecular weight excluding hydrogens is 326 g/mol. The Morgan fingerprint density at radius 1 is 1.23 bits per heavy atom. The summed E-state index contributed by atoms with van der Waals surface area (Å²) in [4.78, 5) is 13.0. The number of aryl methyl sites for hydroxylation is 1. The minimum absolute atomic E-state index is 0.00809. The van der Waals surface area contributed by atoms with E-state index in [4.69, 9.17) is 4.42 Å². The lowest BCUT2D eigenvalue weighted by Crippen LogP contribution is -2.17. The van der Waals surface area contributed by atoms with E-state index >= 15 is 0 Å². The number of Topliss-reactive ketones (excluding diaryl/α,β-unsaturated/α-hetero) is 1. The van der Waals surface area contributed by atoms with Crippen molar-refractivity contribution in [3.8, 4) is 11.6 Å². The van der Waals surface area contributed by atoms with Gasteiger partial charge in [-0.2, -0.15) is 0 Å². The maximum absolute atomic E-state index is 13.0. The number of fused-ring (bicyclic) bond motifs is 1. The van der Waals surface area contributed by atoms with Crippen LogP contribution in [0.2, 0.25) is 0 Å². The Morgan fingerprint density at radius 2 is 2.08 bits per heavy atom. The van der Waals surface area contributed by atoms with Crippen molar-refractivity contribution in [2.24, 2.45) is 5.92 Å². The van der Waals surface area contributed by atoms with Crippen molar-refractivity contribution >= 4 is 5.78 Å². The van der Waals surface area contributed by atoms with Gasteiger partial charge in [0.05, 0.1) is 6.26 Å². The molecule has 0 N–H and O–H groups in total. The van der Waals surface area contributed by atoms with Crippen LogP contribution in [0.1, 0.15) is 43.1 Å². The van der Waals surface area contributed by atoms with Gasteiger partial charge in [-0.05, 0) is 42.5 Å². The van der Waals surface area contributed by atoms with Gasteiger partial charge >= 0.3 is 0 Å². The number of hydrogen-bond donors (Lipinski definition) is 0. The molecule has 0 radical (unpaired) electrons. The van der Waals surface area contributed by atoms with Gasteiger partial charge in [-0.15, -0.1) is 10.2 Å². The van der Waals surface area contributed by atoms with Gasteiger partial charge in [-0.25, -0.2) is 0 Å². The molecule has 134 valence electrons. The quantitative estimate of drug-likeness (QED) is 0.674. The summed E-state index contributed by atoms with van der Waals surface area (Å²) in [5.41, 5.74) is 2.52. The molecule has 2 aromatic heterocycles. The average Bonchev–Trinajstić information content (AvgIpc) is 3.36. The Morgan fingerprint density at radius 3 is 2.85 bits per heavy atom. The van der Waals surface area contributed by atoms with E-state index in [2.05, 4.69) is 42.2 Å². The first-order valence-electron chi connectivity index (χ1n) is 9.25. The summed E-state index contributed by atoms with van der Waals surface area (Å²) in [5.74, 6) is 2.94. The highest BCUT2D eigenvalue weighted by Gasteiger charge is 2.34. The van der Waals surface area contributed by atoms with E-state index in [1.807, 2.05) is 22.8 Å². The molecule has 0 spiro atoms. The smallest absolute Gasteiger partial charge is 0.199 e. The highest BCUT2D eigenvalue weighted by molar-refractivity contribution is 5.87. The van der Waals surface area contributed by atoms with Crippen LogP contribution in [0.5, 0.6) is 0 Å². The second-order valence-electron chi connectivity index (χ2n) is 6.99. The molecule has 5 nitrogen and oxygen atoms in total. The van der Waals surface area contributed by atoms with Crippen molar-refractivity contribution in [1.82, 2.24) is 14.8 Å². The van der Waals surface area contributed by atoms with Gasteiger partial charge in [0, 0.05) is 25.3 Å². The third-order valence-corrected chi connectivity index (χ3v) is 5.33. The molecule has 2 atom stereocenters. The minimum Gasteiger partial charge on any atom is -0.461 e. The largest absolute Gasteiger partial charge is 0.461 e. The van der Waals surface area contributed by atoms with Crippen molar-refractivity contribution in [3.63, 3.8) is 0 Å². The van der Waals surface area contributed by atoms with E-state index in [-0.39, 0.29) is 5.92 Å². The van der Waals surface area contributed by atoms with Gasteiger partial charge in [-0.3, -0.25) is 4.79 Å². The van der Waals surface area contributed by atoms with Crippen LogP contribution in [0.25, 0.3) is 11.6 Å². The molecule has 0 bridgehead atoms. The predicted molar refractivity (Wildman–Crippen MR) is 98.8 cm³/mol. The molecule has 26 heavy (non-hydrogen) atoms. The van der Waals surface area contributed by atoms with E-state index in [9.17, 15) is 4.79 Å². The lowest BCUT2D eigenvalue weighted by Gasteiger charge is -2.15. The molecular formula is C21H23N3O2. The van der Waals surface area contributed by atoms with E-state index < -0.39 is 0 Å². The van der Waals surface area contributed by atoms with Crippen LogP contribution in [0.15, 0.2) is 47.1 Å². The summed E-state index contributed by atoms with van der Waals surface area (Å²) < 4.78 is 7.47. The molecule has 4 rings (SSSR count). The maximum atomic E-state index is 13.0. The van der Waals surface area contributed by atoms with Crippen LogP contribution in [-0.2, 0) is 24.2 Å². The predicted octanol–water partition coefficient (Wildman–Crippen LogP) is 4.04. The summed E-state index contributed by atoms with van der Waals surface area (Å²) in [6.07, 6.45) is 3.71. The van der Waals surface area contributed by atoms with Crippen molar-refractivity contribution in [3.05, 3.63) is 59.6 Å². The van der Waals surface area contributed by atoms with Gasteiger partial charge < -0.3 is 8.98 Å². The first kappa shape index (κ1) is 16.8. The molecule has 1 aliphatic rings. The second kappa shape index (κ2) is 6.90. The molecule has 0 saturated carbocycles. The third kappa shape index (κ3) is 2.87. The van der Waals surface area contributed by atoms with Gasteiger partial charge in [0.2, 0.25) is 0 Å². The minimum atomic E-state index is 0.00809. The van der Waals surface area contributed by atoms with Crippen LogP contribution in [-0.4, -0.2) is 20.5 Å². The molecule has 5 heteroatoms. The fourth-order valence-corrected chi connectivity index (χ4v) is 4.12. The van der Waals surface area contributed by atoms with Gasteiger partial charge in [0.15, 0.2) is 11.6 Å².